The van der Waals surface area contributed by atoms with E-state index in [2.05, 4.69) is 10.6 Å². The van der Waals surface area contributed by atoms with Crippen LogP contribution in [0.25, 0.3) is 0 Å². The molecule has 9 heteroatoms. The molecule has 0 spiro atoms. The highest BCUT2D eigenvalue weighted by Crippen LogP contribution is 2.51. The van der Waals surface area contributed by atoms with Gasteiger partial charge >= 0.3 is 13.6 Å². The number of nitrogens with zero attached hydrogens (tertiary/aromatic N) is 1. The Hall–Kier alpha value is -1.58. The number of amides is 2. The van der Waals surface area contributed by atoms with Gasteiger partial charge in [-0.25, -0.2) is 4.79 Å². The van der Waals surface area contributed by atoms with Crippen LogP contribution in [0.4, 0.5) is 10.5 Å². The summed E-state index contributed by atoms with van der Waals surface area (Å²) in [5, 5.41) is 14.3. The lowest BCUT2D eigenvalue weighted by atomic mass is 10.3. The van der Waals surface area contributed by atoms with Crippen molar-refractivity contribution in [1.29, 1.82) is 5.26 Å². The number of rotatable bonds is 7. The molecule has 0 aliphatic heterocycles. The Morgan fingerprint density at radius 3 is 2.55 bits per heavy atom. The van der Waals surface area contributed by atoms with Crippen molar-refractivity contribution in [3.8, 4) is 6.07 Å². The highest BCUT2D eigenvalue weighted by Gasteiger charge is 2.37. The molecule has 22 heavy (non-hydrogen) atoms. The molecule has 0 heterocycles. The summed E-state index contributed by atoms with van der Waals surface area (Å²) in [5.41, 5.74) is 0.435. The Morgan fingerprint density at radius 2 is 2.05 bits per heavy atom. The standard InChI is InChI=1S/C13H17ClN3O4P/c1-3-20-22(19,21-4-2)12(9-15)17-13(18)16-11-7-5-6-10(14)8-11/h5-8,12H,3-4H2,1-2H3,(H2,16,17,18). The highest BCUT2D eigenvalue weighted by molar-refractivity contribution is 7.55. The first kappa shape index (κ1) is 18.5. The fourth-order valence-corrected chi connectivity index (χ4v) is 3.29. The third-order valence-corrected chi connectivity index (χ3v) is 4.76. The van der Waals surface area contributed by atoms with E-state index in [0.29, 0.717) is 10.7 Å². The van der Waals surface area contributed by atoms with Crippen LogP contribution in [0.1, 0.15) is 13.8 Å². The van der Waals surface area contributed by atoms with Gasteiger partial charge in [-0.2, -0.15) is 5.26 Å². The van der Waals surface area contributed by atoms with Gasteiger partial charge in [-0.15, -0.1) is 0 Å². The Kier molecular flexibility index (Phi) is 7.36. The van der Waals surface area contributed by atoms with E-state index in [1.807, 2.05) is 0 Å². The molecule has 1 aromatic carbocycles. The quantitative estimate of drug-likeness (QED) is 0.736. The van der Waals surface area contributed by atoms with E-state index < -0.39 is 19.4 Å². The van der Waals surface area contributed by atoms with Gasteiger partial charge in [0.25, 0.3) is 0 Å². The van der Waals surface area contributed by atoms with Crippen LogP contribution in [0.3, 0.4) is 0 Å². The normalized spacial score (nSPS) is 12.3. The van der Waals surface area contributed by atoms with Gasteiger partial charge in [0.2, 0.25) is 5.78 Å². The van der Waals surface area contributed by atoms with E-state index in [4.69, 9.17) is 25.9 Å². The van der Waals surface area contributed by atoms with Crippen LogP contribution in [0.15, 0.2) is 24.3 Å². The predicted octanol–water partition coefficient (Wildman–Crippen LogP) is 3.58. The molecule has 0 aliphatic rings. The summed E-state index contributed by atoms with van der Waals surface area (Å²) in [6.07, 6.45) is 0. The largest absolute Gasteiger partial charge is 0.367 e. The molecule has 0 aromatic heterocycles. The zero-order valence-corrected chi connectivity index (χ0v) is 13.9. The predicted molar refractivity (Wildman–Crippen MR) is 83.9 cm³/mol. The van der Waals surface area contributed by atoms with Gasteiger partial charge in [-0.1, -0.05) is 17.7 Å². The molecule has 1 rings (SSSR count). The topological polar surface area (TPSA) is 100 Å². The first-order chi connectivity index (χ1) is 10.4. The maximum Gasteiger partial charge on any atom is 0.367 e. The number of hydrogen-bond donors (Lipinski definition) is 2. The molecule has 7 nitrogen and oxygen atoms in total. The Bertz CT molecular complexity index is 595. The average molecular weight is 346 g/mol. The highest BCUT2D eigenvalue weighted by atomic mass is 35.5. The molecule has 0 aliphatic carbocycles. The number of carbonyl (C=O) groups excluding carboxylic acids is 1. The lowest BCUT2D eigenvalue weighted by Gasteiger charge is -2.22. The van der Waals surface area contributed by atoms with Gasteiger partial charge in [-0.3, -0.25) is 4.57 Å². The molecular weight excluding hydrogens is 329 g/mol. The number of nitrogens with one attached hydrogen (secondary N) is 2. The van der Waals surface area contributed by atoms with Gasteiger partial charge in [0.05, 0.1) is 13.2 Å². The second kappa shape index (κ2) is 8.76. The number of nitriles is 1. The Balaban J connectivity index is 2.78. The third kappa shape index (κ3) is 5.32. The fourth-order valence-electron chi connectivity index (χ4n) is 1.59. The third-order valence-electron chi connectivity index (χ3n) is 2.41. The summed E-state index contributed by atoms with van der Waals surface area (Å²) < 4.78 is 22.5. The maximum absolute atomic E-state index is 12.5. The summed E-state index contributed by atoms with van der Waals surface area (Å²) in [4.78, 5) is 11.9. The minimum atomic E-state index is -3.76. The van der Waals surface area contributed by atoms with Crippen LogP contribution in [0, 0.1) is 11.3 Å². The van der Waals surface area contributed by atoms with Crippen LogP contribution >= 0.6 is 19.2 Å². The zero-order valence-electron chi connectivity index (χ0n) is 12.2. The van der Waals surface area contributed by atoms with Crippen LogP contribution < -0.4 is 10.6 Å². The van der Waals surface area contributed by atoms with E-state index in [-0.39, 0.29) is 13.2 Å². The lowest BCUT2D eigenvalue weighted by molar-refractivity contribution is 0.211. The van der Waals surface area contributed by atoms with E-state index >= 15 is 0 Å². The van der Waals surface area contributed by atoms with Crippen molar-refractivity contribution in [2.45, 2.75) is 19.6 Å². The van der Waals surface area contributed by atoms with E-state index in [1.165, 1.54) is 6.07 Å². The molecule has 0 radical (unpaired) electrons. The summed E-state index contributed by atoms with van der Waals surface area (Å²) >= 11 is 5.81. The number of benzene rings is 1. The molecule has 2 N–H and O–H groups in total. The van der Waals surface area contributed by atoms with Crippen LogP contribution in [-0.4, -0.2) is 25.0 Å². The first-order valence-electron chi connectivity index (χ1n) is 6.56. The molecule has 0 fully saturated rings. The van der Waals surface area contributed by atoms with Gasteiger partial charge in [0.15, 0.2) is 0 Å². The van der Waals surface area contributed by atoms with Gasteiger partial charge in [0.1, 0.15) is 6.07 Å². The minimum absolute atomic E-state index is 0.0903. The molecule has 1 atom stereocenters. The van der Waals surface area contributed by atoms with Crippen molar-refractivity contribution in [2.24, 2.45) is 0 Å². The number of carbonyl (C=O) groups is 1. The Labute approximate surface area is 134 Å². The Morgan fingerprint density at radius 1 is 1.41 bits per heavy atom. The zero-order chi connectivity index (χ0) is 16.6. The number of anilines is 1. The second-order valence-corrected chi connectivity index (χ2v) is 6.56. The molecule has 0 saturated carbocycles. The van der Waals surface area contributed by atoms with Crippen molar-refractivity contribution in [3.05, 3.63) is 29.3 Å². The van der Waals surface area contributed by atoms with Crippen molar-refractivity contribution in [2.75, 3.05) is 18.5 Å². The second-order valence-electron chi connectivity index (χ2n) is 4.02. The van der Waals surface area contributed by atoms with Crippen molar-refractivity contribution in [1.82, 2.24) is 5.32 Å². The summed E-state index contributed by atoms with van der Waals surface area (Å²) in [6, 6.07) is 7.48. The summed E-state index contributed by atoms with van der Waals surface area (Å²) in [6.45, 7) is 3.42. The van der Waals surface area contributed by atoms with Crippen molar-refractivity contribution in [3.63, 3.8) is 0 Å². The van der Waals surface area contributed by atoms with E-state index in [0.717, 1.165) is 0 Å². The van der Waals surface area contributed by atoms with E-state index in [9.17, 15) is 9.36 Å². The summed E-state index contributed by atoms with van der Waals surface area (Å²) in [7, 11) is -3.76. The number of hydrogen-bond acceptors (Lipinski definition) is 5. The van der Waals surface area contributed by atoms with E-state index in [1.54, 1.807) is 38.1 Å². The van der Waals surface area contributed by atoms with Crippen molar-refractivity contribution >= 4 is 30.9 Å². The SMILES string of the molecule is CCOP(=O)(OCC)C(C#N)NC(=O)Nc1cccc(Cl)c1. The molecule has 0 bridgehead atoms. The van der Waals surface area contributed by atoms with Crippen LogP contribution in [0.2, 0.25) is 5.02 Å². The fraction of sp³-hybridized carbons (Fsp3) is 0.385. The molecule has 1 aromatic rings. The molecule has 120 valence electrons. The molecule has 1 unspecified atom stereocenters. The number of halogens is 1. The van der Waals surface area contributed by atoms with Crippen molar-refractivity contribution < 1.29 is 18.4 Å². The lowest BCUT2D eigenvalue weighted by Crippen LogP contribution is -2.37. The van der Waals surface area contributed by atoms with Gasteiger partial charge < -0.3 is 19.7 Å². The minimum Gasteiger partial charge on any atom is -0.312 e. The van der Waals surface area contributed by atoms with Crippen LogP contribution in [-0.2, 0) is 13.6 Å². The van der Waals surface area contributed by atoms with Crippen LogP contribution in [0.5, 0.6) is 0 Å². The molecule has 2 amide bonds. The monoisotopic (exact) mass is 345 g/mol. The molecule has 0 saturated heterocycles. The first-order valence-corrected chi connectivity index (χ1v) is 8.55. The molecular formula is C13H17ClN3O4P. The summed E-state index contributed by atoms with van der Waals surface area (Å²) in [5.74, 6) is -1.41. The van der Waals surface area contributed by atoms with Gasteiger partial charge in [0, 0.05) is 10.7 Å². The smallest absolute Gasteiger partial charge is 0.312 e. The number of urea groups is 1. The maximum atomic E-state index is 12.5. The average Bonchev–Trinajstić information content (AvgIpc) is 2.45. The van der Waals surface area contributed by atoms with Gasteiger partial charge in [-0.05, 0) is 32.0 Å².